The quantitative estimate of drug-likeness (QED) is 0.583. The van der Waals surface area contributed by atoms with Crippen LogP contribution in [0.25, 0.3) is 0 Å². The van der Waals surface area contributed by atoms with Gasteiger partial charge in [-0.2, -0.15) is 0 Å². The average molecular weight is 167 g/mol. The molecule has 2 nitrogen and oxygen atoms in total. The second kappa shape index (κ2) is 3.08. The lowest BCUT2D eigenvalue weighted by atomic mass is 9.84. The summed E-state index contributed by atoms with van der Waals surface area (Å²) >= 11 is 0. The van der Waals surface area contributed by atoms with Gasteiger partial charge in [0.1, 0.15) is 0 Å². The van der Waals surface area contributed by atoms with Crippen LogP contribution in [0.15, 0.2) is 0 Å². The summed E-state index contributed by atoms with van der Waals surface area (Å²) in [6.07, 6.45) is 5.96. The van der Waals surface area contributed by atoms with Gasteiger partial charge in [0.2, 0.25) is 5.91 Å². The molecule has 0 aromatic heterocycles. The van der Waals surface area contributed by atoms with Crippen molar-refractivity contribution in [3.05, 3.63) is 0 Å². The molecule has 2 aliphatic rings. The van der Waals surface area contributed by atoms with Gasteiger partial charge in [-0.1, -0.05) is 6.42 Å². The lowest BCUT2D eigenvalue weighted by Gasteiger charge is -2.31. The molecule has 0 spiro atoms. The van der Waals surface area contributed by atoms with Gasteiger partial charge >= 0.3 is 0 Å². The van der Waals surface area contributed by atoms with Gasteiger partial charge in [0.05, 0.1) is 0 Å². The van der Waals surface area contributed by atoms with Crippen molar-refractivity contribution < 1.29 is 4.79 Å². The standard InChI is InChI=1S/C10H17NO/c1-8-4-3-7-11(8)10(12)9-5-2-6-9/h8-9H,2-7H2,1H3. The molecule has 0 N–H and O–H groups in total. The average Bonchev–Trinajstić information content (AvgIpc) is 2.31. The summed E-state index contributed by atoms with van der Waals surface area (Å²) in [4.78, 5) is 13.9. The molecule has 0 aromatic rings. The summed E-state index contributed by atoms with van der Waals surface area (Å²) in [6, 6.07) is 0.512. The molecule has 0 aromatic carbocycles. The molecular weight excluding hydrogens is 150 g/mol. The SMILES string of the molecule is CC1CCCN1C(=O)C1CCC1. The van der Waals surface area contributed by atoms with E-state index in [2.05, 4.69) is 11.8 Å². The van der Waals surface area contributed by atoms with E-state index >= 15 is 0 Å². The van der Waals surface area contributed by atoms with Gasteiger partial charge in [0.15, 0.2) is 0 Å². The lowest BCUT2D eigenvalue weighted by Crippen LogP contribution is -2.40. The first-order valence-corrected chi connectivity index (χ1v) is 5.09. The van der Waals surface area contributed by atoms with E-state index in [1.165, 1.54) is 19.3 Å². The van der Waals surface area contributed by atoms with E-state index in [4.69, 9.17) is 0 Å². The van der Waals surface area contributed by atoms with E-state index in [1.807, 2.05) is 0 Å². The monoisotopic (exact) mass is 167 g/mol. The van der Waals surface area contributed by atoms with E-state index in [-0.39, 0.29) is 0 Å². The van der Waals surface area contributed by atoms with Crippen LogP contribution in [0.2, 0.25) is 0 Å². The summed E-state index contributed by atoms with van der Waals surface area (Å²) in [5, 5.41) is 0. The first kappa shape index (κ1) is 8.09. The predicted octanol–water partition coefficient (Wildman–Crippen LogP) is 1.80. The molecule has 0 bridgehead atoms. The summed E-state index contributed by atoms with van der Waals surface area (Å²) in [5.74, 6) is 0.830. The zero-order chi connectivity index (χ0) is 8.55. The minimum atomic E-state index is 0.394. The van der Waals surface area contributed by atoms with Crippen molar-refractivity contribution >= 4 is 5.91 Å². The Hall–Kier alpha value is -0.530. The number of nitrogens with zero attached hydrogens (tertiary/aromatic N) is 1. The van der Waals surface area contributed by atoms with Crippen molar-refractivity contribution in [1.29, 1.82) is 0 Å². The topological polar surface area (TPSA) is 20.3 Å². The maximum absolute atomic E-state index is 11.8. The number of carbonyl (C=O) groups is 1. The van der Waals surface area contributed by atoms with Crippen LogP contribution in [0, 0.1) is 5.92 Å². The third kappa shape index (κ3) is 1.23. The number of amides is 1. The number of hydrogen-bond acceptors (Lipinski definition) is 1. The molecule has 1 atom stereocenters. The van der Waals surface area contributed by atoms with Crippen LogP contribution in [-0.2, 0) is 4.79 Å². The van der Waals surface area contributed by atoms with Crippen LogP contribution in [0.3, 0.4) is 0 Å². The van der Waals surface area contributed by atoms with Crippen LogP contribution in [0.5, 0.6) is 0 Å². The van der Waals surface area contributed by atoms with E-state index in [1.54, 1.807) is 0 Å². The van der Waals surface area contributed by atoms with Crippen molar-refractivity contribution in [3.8, 4) is 0 Å². The Morgan fingerprint density at radius 1 is 1.25 bits per heavy atom. The zero-order valence-corrected chi connectivity index (χ0v) is 7.75. The van der Waals surface area contributed by atoms with Crippen molar-refractivity contribution in [3.63, 3.8) is 0 Å². The third-order valence-corrected chi connectivity index (χ3v) is 3.29. The first-order valence-electron chi connectivity index (χ1n) is 5.09. The van der Waals surface area contributed by atoms with Crippen molar-refractivity contribution in [2.75, 3.05) is 6.54 Å². The fourth-order valence-corrected chi connectivity index (χ4v) is 2.15. The Bertz CT molecular complexity index is 186. The third-order valence-electron chi connectivity index (χ3n) is 3.29. The second-order valence-electron chi connectivity index (χ2n) is 4.15. The summed E-state index contributed by atoms with van der Waals surface area (Å²) < 4.78 is 0. The minimum absolute atomic E-state index is 0.394. The Morgan fingerprint density at radius 3 is 2.42 bits per heavy atom. The zero-order valence-electron chi connectivity index (χ0n) is 7.75. The number of rotatable bonds is 1. The van der Waals surface area contributed by atoms with Crippen molar-refractivity contribution in [2.45, 2.75) is 45.1 Å². The highest BCUT2D eigenvalue weighted by molar-refractivity contribution is 5.80. The largest absolute Gasteiger partial charge is 0.340 e. The summed E-state index contributed by atoms with van der Waals surface area (Å²) in [5.41, 5.74) is 0. The van der Waals surface area contributed by atoms with Crippen molar-refractivity contribution in [1.82, 2.24) is 4.90 Å². The molecule has 2 rings (SSSR count). The Morgan fingerprint density at radius 2 is 2.00 bits per heavy atom. The molecule has 1 saturated carbocycles. The summed E-state index contributed by atoms with van der Waals surface area (Å²) in [6.45, 7) is 3.18. The molecule has 2 heteroatoms. The lowest BCUT2D eigenvalue weighted by molar-refractivity contribution is -0.138. The van der Waals surface area contributed by atoms with E-state index < -0.39 is 0 Å². The second-order valence-corrected chi connectivity index (χ2v) is 4.15. The molecule has 1 unspecified atom stereocenters. The molecule has 0 radical (unpaired) electrons. The molecule has 12 heavy (non-hydrogen) atoms. The van der Waals surface area contributed by atoms with Crippen molar-refractivity contribution in [2.24, 2.45) is 5.92 Å². The van der Waals surface area contributed by atoms with Crippen LogP contribution in [0.4, 0.5) is 0 Å². The highest BCUT2D eigenvalue weighted by Crippen LogP contribution is 2.30. The summed E-state index contributed by atoms with van der Waals surface area (Å²) in [7, 11) is 0. The van der Waals surface area contributed by atoms with E-state index in [0.717, 1.165) is 19.4 Å². The van der Waals surface area contributed by atoms with Gasteiger partial charge in [-0.15, -0.1) is 0 Å². The molecule has 1 aliphatic heterocycles. The van der Waals surface area contributed by atoms with Gasteiger partial charge in [0.25, 0.3) is 0 Å². The fourth-order valence-electron chi connectivity index (χ4n) is 2.15. The Balaban J connectivity index is 1.93. The van der Waals surface area contributed by atoms with Gasteiger partial charge in [-0.25, -0.2) is 0 Å². The fraction of sp³-hybridized carbons (Fsp3) is 0.900. The van der Waals surface area contributed by atoms with Crippen LogP contribution >= 0.6 is 0 Å². The maximum Gasteiger partial charge on any atom is 0.225 e. The van der Waals surface area contributed by atoms with Crippen LogP contribution in [0.1, 0.15) is 39.0 Å². The number of carbonyl (C=O) groups excluding carboxylic acids is 1. The molecule has 1 aliphatic carbocycles. The Kier molecular flexibility index (Phi) is 2.07. The minimum Gasteiger partial charge on any atom is -0.340 e. The maximum atomic E-state index is 11.8. The normalized spacial score (nSPS) is 30.4. The van der Waals surface area contributed by atoms with Gasteiger partial charge in [-0.3, -0.25) is 4.79 Å². The molecule has 68 valence electrons. The molecule has 1 heterocycles. The number of likely N-dealkylation sites (tertiary alicyclic amines) is 1. The molecule has 1 amide bonds. The molecule has 1 saturated heterocycles. The first-order chi connectivity index (χ1) is 5.79. The highest BCUT2D eigenvalue weighted by atomic mass is 16.2. The Labute approximate surface area is 73.9 Å². The van der Waals surface area contributed by atoms with Crippen LogP contribution in [-0.4, -0.2) is 23.4 Å². The molecular formula is C10H17NO. The predicted molar refractivity (Wildman–Crippen MR) is 47.8 cm³/mol. The highest BCUT2D eigenvalue weighted by Gasteiger charge is 2.33. The van der Waals surface area contributed by atoms with E-state index in [0.29, 0.717) is 17.9 Å². The van der Waals surface area contributed by atoms with E-state index in [9.17, 15) is 4.79 Å². The van der Waals surface area contributed by atoms with Gasteiger partial charge in [-0.05, 0) is 32.6 Å². The smallest absolute Gasteiger partial charge is 0.225 e. The van der Waals surface area contributed by atoms with Crippen LogP contribution < -0.4 is 0 Å². The van der Waals surface area contributed by atoms with Gasteiger partial charge in [0, 0.05) is 18.5 Å². The van der Waals surface area contributed by atoms with Gasteiger partial charge < -0.3 is 4.90 Å². The number of hydrogen-bond donors (Lipinski definition) is 0. The molecule has 2 fully saturated rings.